The van der Waals surface area contributed by atoms with Crippen molar-refractivity contribution in [2.24, 2.45) is 23.5 Å². The van der Waals surface area contributed by atoms with Crippen molar-refractivity contribution >= 4 is 39.6 Å². The van der Waals surface area contributed by atoms with Crippen LogP contribution < -0.4 is 5.73 Å². The van der Waals surface area contributed by atoms with Crippen LogP contribution in [0.3, 0.4) is 0 Å². The molecule has 1 saturated carbocycles. The number of carbonyl (C=O) groups excluding carboxylic acids is 4. The molecule has 1 fully saturated rings. The smallest absolute Gasteiger partial charge is 0.327 e. The van der Waals surface area contributed by atoms with Crippen LogP contribution in [-0.2, 0) is 31.1 Å². The summed E-state index contributed by atoms with van der Waals surface area (Å²) in [5, 5.41) is 0. The zero-order valence-corrected chi connectivity index (χ0v) is 23.3. The third-order valence-corrected chi connectivity index (χ3v) is 8.32. The molecule has 3 amide bonds. The van der Waals surface area contributed by atoms with E-state index in [1.54, 1.807) is 18.2 Å². The first kappa shape index (κ1) is 28.0. The quantitative estimate of drug-likeness (QED) is 0.282. The first-order chi connectivity index (χ1) is 18.0. The third kappa shape index (κ3) is 5.13. The van der Waals surface area contributed by atoms with E-state index >= 15 is 0 Å². The fourth-order valence-electron chi connectivity index (χ4n) is 5.78. The lowest BCUT2D eigenvalue weighted by Gasteiger charge is -2.42. The molecule has 4 unspecified atom stereocenters. The molecule has 4 atom stereocenters. The predicted octanol–water partition coefficient (Wildman–Crippen LogP) is 4.89. The van der Waals surface area contributed by atoms with Gasteiger partial charge in [0.1, 0.15) is 11.9 Å². The molecule has 202 valence electrons. The number of esters is 1. The number of ether oxygens (including phenoxy) is 1. The van der Waals surface area contributed by atoms with E-state index in [-0.39, 0.29) is 28.5 Å². The number of nitrogens with two attached hydrogens (primary N) is 1. The number of halogens is 2. The number of hydrogen-bond donors (Lipinski definition) is 1. The van der Waals surface area contributed by atoms with Gasteiger partial charge in [-0.1, -0.05) is 67.4 Å². The first-order valence-electron chi connectivity index (χ1n) is 12.8. The van der Waals surface area contributed by atoms with Crippen molar-refractivity contribution in [3.8, 4) is 0 Å². The molecule has 1 aliphatic heterocycles. The number of carbonyl (C=O) groups is 4. The van der Waals surface area contributed by atoms with Gasteiger partial charge >= 0.3 is 5.97 Å². The van der Waals surface area contributed by atoms with Gasteiger partial charge in [0, 0.05) is 15.6 Å². The Morgan fingerprint density at radius 3 is 2.55 bits per heavy atom. The molecule has 0 bridgehead atoms. The highest BCUT2D eigenvalue weighted by Gasteiger charge is 2.58. The first-order valence-corrected chi connectivity index (χ1v) is 13.6. The van der Waals surface area contributed by atoms with Crippen LogP contribution in [-0.4, -0.2) is 34.7 Å². The van der Waals surface area contributed by atoms with Crippen LogP contribution in [0.4, 0.5) is 4.39 Å². The minimum absolute atomic E-state index is 0.0697. The number of amides is 3. The van der Waals surface area contributed by atoms with E-state index < -0.39 is 54.0 Å². The number of rotatable bonds is 7. The minimum Gasteiger partial charge on any atom is -0.461 e. The number of primary amides is 1. The molecule has 2 N–H and O–H groups in total. The van der Waals surface area contributed by atoms with Crippen molar-refractivity contribution in [1.82, 2.24) is 4.90 Å². The number of fused-ring (bicyclic) bond motifs is 1. The maximum Gasteiger partial charge on any atom is 0.327 e. The van der Waals surface area contributed by atoms with Crippen LogP contribution in [0, 0.1) is 23.6 Å². The van der Waals surface area contributed by atoms with Gasteiger partial charge in [0.15, 0.2) is 5.41 Å². The Morgan fingerprint density at radius 2 is 1.89 bits per heavy atom. The fraction of sp³-hybridized carbons (Fsp3) is 0.448. The standard InChI is InChI=1S/C29H32BrFN2O5/c1-16(2)20-11-8-17(3)12-24(20)38-28(37)29(14-25(32)34)22-7-5-4-6-21(22)26(35)33(27(29)36)15-18-9-10-19(30)13-23(18)31/h4-7,9-10,13,16-17,20,24H,8,11-12,14-15H2,1-3H3,(H2,32,34). The summed E-state index contributed by atoms with van der Waals surface area (Å²) in [5.41, 5.74) is 3.67. The topological polar surface area (TPSA) is 107 Å². The molecule has 2 aliphatic rings. The summed E-state index contributed by atoms with van der Waals surface area (Å²) in [5.74, 6) is -3.42. The molecule has 2 aromatic rings. The number of benzene rings is 2. The van der Waals surface area contributed by atoms with E-state index in [2.05, 4.69) is 36.7 Å². The second-order valence-electron chi connectivity index (χ2n) is 10.8. The Bertz CT molecular complexity index is 1280. The van der Waals surface area contributed by atoms with Crippen LogP contribution in [0.2, 0.25) is 0 Å². The number of hydrogen-bond acceptors (Lipinski definition) is 5. The molecular weight excluding hydrogens is 555 g/mol. The summed E-state index contributed by atoms with van der Waals surface area (Å²) in [4.78, 5) is 55.0. The van der Waals surface area contributed by atoms with Crippen LogP contribution in [0.15, 0.2) is 46.9 Å². The van der Waals surface area contributed by atoms with Crippen molar-refractivity contribution in [3.63, 3.8) is 0 Å². The second kappa shape index (κ2) is 11.0. The summed E-state index contributed by atoms with van der Waals surface area (Å²) >= 11 is 3.20. The van der Waals surface area contributed by atoms with Crippen LogP contribution in [0.5, 0.6) is 0 Å². The molecule has 9 heteroatoms. The summed E-state index contributed by atoms with van der Waals surface area (Å²) in [6, 6.07) is 10.4. The van der Waals surface area contributed by atoms with Crippen molar-refractivity contribution in [3.05, 3.63) is 69.4 Å². The number of nitrogens with zero attached hydrogens (tertiary/aromatic N) is 1. The summed E-state index contributed by atoms with van der Waals surface area (Å²) < 4.78 is 21.3. The van der Waals surface area contributed by atoms with E-state index in [1.165, 1.54) is 24.3 Å². The fourth-order valence-corrected chi connectivity index (χ4v) is 6.11. The molecule has 1 aliphatic carbocycles. The molecular formula is C29H32BrFN2O5. The molecule has 0 radical (unpaired) electrons. The Hall–Kier alpha value is -3.07. The minimum atomic E-state index is -2.16. The molecule has 0 aromatic heterocycles. The summed E-state index contributed by atoms with van der Waals surface area (Å²) in [6.45, 7) is 5.79. The van der Waals surface area contributed by atoms with E-state index in [9.17, 15) is 23.6 Å². The Morgan fingerprint density at radius 1 is 1.18 bits per heavy atom. The van der Waals surface area contributed by atoms with Gasteiger partial charge in [0.05, 0.1) is 13.0 Å². The third-order valence-electron chi connectivity index (χ3n) is 7.82. The molecule has 38 heavy (non-hydrogen) atoms. The van der Waals surface area contributed by atoms with Crippen LogP contribution in [0.1, 0.15) is 67.9 Å². The number of imide groups is 1. The van der Waals surface area contributed by atoms with Crippen LogP contribution >= 0.6 is 15.9 Å². The molecule has 4 rings (SSSR count). The summed E-state index contributed by atoms with van der Waals surface area (Å²) in [7, 11) is 0. The van der Waals surface area contributed by atoms with Gasteiger partial charge in [0.25, 0.3) is 11.8 Å². The van der Waals surface area contributed by atoms with Gasteiger partial charge in [-0.05, 0) is 54.4 Å². The normalized spacial score (nSPS) is 25.3. The van der Waals surface area contributed by atoms with Gasteiger partial charge in [-0.25, -0.2) is 4.39 Å². The maximum atomic E-state index is 14.7. The van der Waals surface area contributed by atoms with E-state index in [1.807, 2.05) is 0 Å². The lowest BCUT2D eigenvalue weighted by Crippen LogP contribution is -2.60. The van der Waals surface area contributed by atoms with Gasteiger partial charge in [0.2, 0.25) is 5.91 Å². The highest BCUT2D eigenvalue weighted by Crippen LogP contribution is 2.42. The van der Waals surface area contributed by atoms with E-state index in [0.717, 1.165) is 17.7 Å². The highest BCUT2D eigenvalue weighted by molar-refractivity contribution is 9.10. The average Bonchev–Trinajstić information content (AvgIpc) is 2.85. The second-order valence-corrected chi connectivity index (χ2v) is 11.7. The predicted molar refractivity (Wildman–Crippen MR) is 142 cm³/mol. The Kier molecular flexibility index (Phi) is 8.06. The lowest BCUT2D eigenvalue weighted by molar-refractivity contribution is -0.169. The highest BCUT2D eigenvalue weighted by atomic mass is 79.9. The maximum absolute atomic E-state index is 14.7. The Labute approximate surface area is 230 Å². The van der Waals surface area contributed by atoms with Crippen molar-refractivity contribution in [1.29, 1.82) is 0 Å². The van der Waals surface area contributed by atoms with Crippen LogP contribution in [0.25, 0.3) is 0 Å². The van der Waals surface area contributed by atoms with Gasteiger partial charge in [-0.3, -0.25) is 24.1 Å². The van der Waals surface area contributed by atoms with E-state index in [4.69, 9.17) is 10.5 Å². The zero-order chi connectivity index (χ0) is 27.8. The lowest BCUT2D eigenvalue weighted by atomic mass is 9.70. The van der Waals surface area contributed by atoms with Crippen molar-refractivity contribution < 1.29 is 28.3 Å². The molecule has 1 heterocycles. The molecule has 0 saturated heterocycles. The zero-order valence-electron chi connectivity index (χ0n) is 21.7. The monoisotopic (exact) mass is 586 g/mol. The van der Waals surface area contributed by atoms with Gasteiger partial charge in [-0.2, -0.15) is 0 Å². The van der Waals surface area contributed by atoms with Crippen molar-refractivity contribution in [2.45, 2.75) is 64.5 Å². The average molecular weight is 587 g/mol. The molecule has 2 aromatic carbocycles. The van der Waals surface area contributed by atoms with Crippen molar-refractivity contribution in [2.75, 3.05) is 0 Å². The largest absolute Gasteiger partial charge is 0.461 e. The molecule has 0 spiro atoms. The Balaban J connectivity index is 1.81. The van der Waals surface area contributed by atoms with E-state index in [0.29, 0.717) is 16.8 Å². The summed E-state index contributed by atoms with van der Waals surface area (Å²) in [6.07, 6.45) is 1.38. The SMILES string of the molecule is CC1CCC(C(C)C)C(OC(=O)C2(CC(N)=O)C(=O)N(Cc3ccc(Br)cc3F)C(=O)c3ccccc32)C1. The van der Waals surface area contributed by atoms with Gasteiger partial charge in [-0.15, -0.1) is 0 Å². The van der Waals surface area contributed by atoms with Gasteiger partial charge < -0.3 is 10.5 Å². The molecule has 7 nitrogen and oxygen atoms in total.